The molecule has 80 valence electrons. The third kappa shape index (κ3) is 3.45. The van der Waals surface area contributed by atoms with Crippen molar-refractivity contribution < 1.29 is 0 Å². The standard InChI is InChI=1S/C11H19BrN2/c1-8(2)5-10-6-11(12)13-14(10)7-9(3)4/h6,8-9H,5,7H2,1-4H3. The van der Waals surface area contributed by atoms with E-state index >= 15 is 0 Å². The highest BCUT2D eigenvalue weighted by Gasteiger charge is 2.08. The number of hydrogen-bond donors (Lipinski definition) is 0. The second-order valence-electron chi connectivity index (χ2n) is 4.63. The minimum Gasteiger partial charge on any atom is -0.268 e. The van der Waals surface area contributed by atoms with Crippen LogP contribution >= 0.6 is 15.9 Å². The predicted octanol–water partition coefficient (Wildman–Crippen LogP) is 3.50. The molecule has 1 aromatic heterocycles. The first-order valence-corrected chi connectivity index (χ1v) is 6.00. The molecule has 0 fully saturated rings. The summed E-state index contributed by atoms with van der Waals surface area (Å²) in [5, 5.41) is 4.44. The molecule has 0 spiro atoms. The molecule has 0 atom stereocenters. The lowest BCUT2D eigenvalue weighted by Gasteiger charge is -2.10. The maximum Gasteiger partial charge on any atom is 0.128 e. The average molecular weight is 259 g/mol. The van der Waals surface area contributed by atoms with Crippen LogP contribution < -0.4 is 0 Å². The van der Waals surface area contributed by atoms with E-state index in [-0.39, 0.29) is 0 Å². The summed E-state index contributed by atoms with van der Waals surface area (Å²) in [7, 11) is 0. The van der Waals surface area contributed by atoms with E-state index in [4.69, 9.17) is 0 Å². The van der Waals surface area contributed by atoms with Gasteiger partial charge < -0.3 is 0 Å². The SMILES string of the molecule is CC(C)Cc1cc(Br)nn1CC(C)C. The fourth-order valence-corrected chi connectivity index (χ4v) is 1.96. The topological polar surface area (TPSA) is 17.8 Å². The molecule has 0 unspecified atom stereocenters. The van der Waals surface area contributed by atoms with Crippen LogP contribution in [-0.2, 0) is 13.0 Å². The fourth-order valence-electron chi connectivity index (χ4n) is 1.51. The Kier molecular flexibility index (Phi) is 4.17. The zero-order chi connectivity index (χ0) is 10.7. The summed E-state index contributed by atoms with van der Waals surface area (Å²) < 4.78 is 3.07. The van der Waals surface area contributed by atoms with Gasteiger partial charge in [-0.2, -0.15) is 5.10 Å². The summed E-state index contributed by atoms with van der Waals surface area (Å²) in [5.41, 5.74) is 1.33. The summed E-state index contributed by atoms with van der Waals surface area (Å²) in [4.78, 5) is 0. The van der Waals surface area contributed by atoms with Crippen LogP contribution in [0.5, 0.6) is 0 Å². The lowest BCUT2D eigenvalue weighted by atomic mass is 10.1. The van der Waals surface area contributed by atoms with Gasteiger partial charge in [-0.3, -0.25) is 4.68 Å². The Bertz CT molecular complexity index is 262. The molecular formula is C11H19BrN2. The van der Waals surface area contributed by atoms with Crippen molar-refractivity contribution in [2.75, 3.05) is 0 Å². The average Bonchev–Trinajstić information content (AvgIpc) is 2.28. The minimum absolute atomic E-state index is 0.646. The van der Waals surface area contributed by atoms with Crippen molar-refractivity contribution in [3.8, 4) is 0 Å². The summed E-state index contributed by atoms with van der Waals surface area (Å²) in [6, 6.07) is 2.13. The molecule has 2 nitrogen and oxygen atoms in total. The summed E-state index contributed by atoms with van der Waals surface area (Å²) in [6.07, 6.45) is 1.10. The molecular weight excluding hydrogens is 240 g/mol. The molecule has 0 amide bonds. The van der Waals surface area contributed by atoms with Gasteiger partial charge in [-0.25, -0.2) is 0 Å². The molecule has 3 heteroatoms. The van der Waals surface area contributed by atoms with Crippen LogP contribution in [0.3, 0.4) is 0 Å². The maximum atomic E-state index is 4.44. The van der Waals surface area contributed by atoms with Crippen molar-refractivity contribution in [3.05, 3.63) is 16.4 Å². The van der Waals surface area contributed by atoms with Crippen LogP contribution in [0.15, 0.2) is 10.7 Å². The second-order valence-corrected chi connectivity index (χ2v) is 5.44. The van der Waals surface area contributed by atoms with E-state index < -0.39 is 0 Å². The zero-order valence-electron chi connectivity index (χ0n) is 9.42. The quantitative estimate of drug-likeness (QED) is 0.809. The first-order chi connectivity index (χ1) is 6.49. The number of aromatic nitrogens is 2. The third-order valence-corrected chi connectivity index (χ3v) is 2.38. The van der Waals surface area contributed by atoms with E-state index in [1.54, 1.807) is 0 Å². The molecule has 1 aromatic rings. The molecule has 0 aliphatic heterocycles. The van der Waals surface area contributed by atoms with Gasteiger partial charge in [0.15, 0.2) is 0 Å². The Hall–Kier alpha value is -0.310. The van der Waals surface area contributed by atoms with Crippen molar-refractivity contribution in [3.63, 3.8) is 0 Å². The smallest absolute Gasteiger partial charge is 0.128 e. The van der Waals surface area contributed by atoms with Crippen molar-refractivity contribution in [1.29, 1.82) is 0 Å². The Morgan fingerprint density at radius 3 is 2.43 bits per heavy atom. The van der Waals surface area contributed by atoms with Gasteiger partial charge in [0.1, 0.15) is 4.60 Å². The van der Waals surface area contributed by atoms with Gasteiger partial charge in [0, 0.05) is 12.2 Å². The van der Waals surface area contributed by atoms with E-state index in [9.17, 15) is 0 Å². The molecule has 0 aliphatic rings. The van der Waals surface area contributed by atoms with Gasteiger partial charge in [0.05, 0.1) is 0 Å². The molecule has 0 saturated heterocycles. The van der Waals surface area contributed by atoms with Crippen molar-refractivity contribution >= 4 is 15.9 Å². The van der Waals surface area contributed by atoms with Crippen molar-refractivity contribution in [1.82, 2.24) is 9.78 Å². The van der Waals surface area contributed by atoms with Crippen molar-refractivity contribution in [2.24, 2.45) is 11.8 Å². The van der Waals surface area contributed by atoms with Crippen LogP contribution in [-0.4, -0.2) is 9.78 Å². The summed E-state index contributed by atoms with van der Waals surface area (Å²) in [5.74, 6) is 1.33. The largest absolute Gasteiger partial charge is 0.268 e. The molecule has 1 heterocycles. The number of nitrogens with zero attached hydrogens (tertiary/aromatic N) is 2. The van der Waals surface area contributed by atoms with Crippen LogP contribution in [0, 0.1) is 11.8 Å². The first-order valence-electron chi connectivity index (χ1n) is 5.21. The lowest BCUT2D eigenvalue weighted by Crippen LogP contribution is -2.11. The van der Waals surface area contributed by atoms with Gasteiger partial charge >= 0.3 is 0 Å². The van der Waals surface area contributed by atoms with Crippen molar-refractivity contribution in [2.45, 2.75) is 40.7 Å². The molecule has 0 aromatic carbocycles. The highest BCUT2D eigenvalue weighted by atomic mass is 79.9. The molecule has 0 saturated carbocycles. The molecule has 0 N–H and O–H groups in total. The van der Waals surface area contributed by atoms with Gasteiger partial charge in [0.25, 0.3) is 0 Å². The zero-order valence-corrected chi connectivity index (χ0v) is 11.0. The Labute approximate surface area is 94.8 Å². The highest BCUT2D eigenvalue weighted by Crippen LogP contribution is 2.15. The van der Waals surface area contributed by atoms with Gasteiger partial charge in [-0.05, 0) is 40.3 Å². The number of rotatable bonds is 4. The molecule has 0 bridgehead atoms. The second kappa shape index (κ2) is 4.96. The minimum atomic E-state index is 0.646. The summed E-state index contributed by atoms with van der Waals surface area (Å²) >= 11 is 3.43. The first kappa shape index (κ1) is 11.8. The Morgan fingerprint density at radius 1 is 1.29 bits per heavy atom. The van der Waals surface area contributed by atoms with Crippen LogP contribution in [0.4, 0.5) is 0 Å². The third-order valence-electron chi connectivity index (χ3n) is 1.99. The Balaban J connectivity index is 2.80. The maximum absolute atomic E-state index is 4.44. The fraction of sp³-hybridized carbons (Fsp3) is 0.727. The summed E-state index contributed by atoms with van der Waals surface area (Å²) in [6.45, 7) is 9.92. The van der Waals surface area contributed by atoms with Gasteiger partial charge in [-0.15, -0.1) is 0 Å². The lowest BCUT2D eigenvalue weighted by molar-refractivity contribution is 0.456. The van der Waals surface area contributed by atoms with E-state index in [0.29, 0.717) is 11.8 Å². The van der Waals surface area contributed by atoms with E-state index in [1.165, 1.54) is 5.69 Å². The van der Waals surface area contributed by atoms with Crippen LogP contribution in [0.2, 0.25) is 0 Å². The molecule has 14 heavy (non-hydrogen) atoms. The highest BCUT2D eigenvalue weighted by molar-refractivity contribution is 9.10. The molecule has 0 radical (unpaired) electrons. The predicted molar refractivity (Wildman–Crippen MR) is 63.3 cm³/mol. The van der Waals surface area contributed by atoms with Gasteiger partial charge in [0.2, 0.25) is 0 Å². The monoisotopic (exact) mass is 258 g/mol. The van der Waals surface area contributed by atoms with E-state index in [2.05, 4.69) is 59.5 Å². The Morgan fingerprint density at radius 2 is 1.93 bits per heavy atom. The van der Waals surface area contributed by atoms with Crippen LogP contribution in [0.25, 0.3) is 0 Å². The van der Waals surface area contributed by atoms with Gasteiger partial charge in [-0.1, -0.05) is 27.7 Å². The molecule has 1 rings (SSSR count). The normalized spacial score (nSPS) is 11.6. The van der Waals surface area contributed by atoms with Crippen LogP contribution in [0.1, 0.15) is 33.4 Å². The van der Waals surface area contributed by atoms with E-state index in [0.717, 1.165) is 17.6 Å². The van der Waals surface area contributed by atoms with E-state index in [1.807, 2.05) is 0 Å². The molecule has 0 aliphatic carbocycles. The number of halogens is 1. The number of hydrogen-bond acceptors (Lipinski definition) is 1.